The highest BCUT2D eigenvalue weighted by Gasteiger charge is 2.24. The van der Waals surface area contributed by atoms with Crippen LogP contribution in [0.25, 0.3) is 61.9 Å². The number of benzene rings is 2. The van der Waals surface area contributed by atoms with Crippen molar-refractivity contribution in [3.05, 3.63) is 80.8 Å². The van der Waals surface area contributed by atoms with Gasteiger partial charge in [-0.25, -0.2) is 0 Å². The molecule has 0 aliphatic heterocycles. The minimum atomic E-state index is 0.874. The van der Waals surface area contributed by atoms with Crippen molar-refractivity contribution in [3.63, 3.8) is 0 Å². The zero-order valence-corrected chi connectivity index (χ0v) is 23.3. The third-order valence-corrected chi connectivity index (χ3v) is 11.0. The molecule has 4 aromatic carbocycles. The average Bonchev–Trinajstić information content (AvgIpc) is 3.67. The maximum Gasteiger partial charge on any atom is 0.0995 e. The van der Waals surface area contributed by atoms with Gasteiger partial charge in [0.05, 0.1) is 10.7 Å². The zero-order valence-electron chi connectivity index (χ0n) is 20.9. The van der Waals surface area contributed by atoms with Gasteiger partial charge in [-0.3, -0.25) is 0 Å². The van der Waals surface area contributed by atoms with Crippen LogP contribution in [0.5, 0.6) is 0 Å². The van der Waals surface area contributed by atoms with Gasteiger partial charge in [0, 0.05) is 61.2 Å². The van der Waals surface area contributed by atoms with Crippen molar-refractivity contribution in [2.24, 2.45) is 21.9 Å². The van der Waals surface area contributed by atoms with Gasteiger partial charge in [-0.05, 0) is 68.7 Å². The lowest BCUT2D eigenvalue weighted by atomic mass is 9.98. The Balaban J connectivity index is 1.53. The first kappa shape index (κ1) is 22.7. The van der Waals surface area contributed by atoms with E-state index in [2.05, 4.69) is 86.4 Å². The van der Waals surface area contributed by atoms with E-state index in [9.17, 15) is 0 Å². The first-order valence-electron chi connectivity index (χ1n) is 12.1. The largest absolute Gasteiger partial charge is 0.323 e. The first-order valence-corrected chi connectivity index (χ1v) is 14.5. The van der Waals surface area contributed by atoms with Gasteiger partial charge in [0.25, 0.3) is 0 Å². The number of hydrogen-bond donors (Lipinski definition) is 2. The topological polar surface area (TPSA) is 76.8 Å². The SMILES string of the molecule is Cc1ccc(-c2ccc(-c3cc4/c(=N/N)c5c(C)c6c(c(C)c5c4s3)/c(=N\N)c3cc(C)sc36)s2)cc1. The molecule has 0 spiro atoms. The van der Waals surface area contributed by atoms with Gasteiger partial charge in [-0.2, -0.15) is 10.2 Å². The maximum absolute atomic E-state index is 6.07. The van der Waals surface area contributed by atoms with Crippen molar-refractivity contribution >= 4 is 75.7 Å². The van der Waals surface area contributed by atoms with E-state index in [-0.39, 0.29) is 0 Å². The van der Waals surface area contributed by atoms with E-state index >= 15 is 0 Å². The monoisotopic (exact) mass is 536 g/mol. The van der Waals surface area contributed by atoms with Gasteiger partial charge in [0.1, 0.15) is 0 Å². The molecule has 0 unspecified atom stereocenters. The molecule has 0 bridgehead atoms. The van der Waals surface area contributed by atoms with Gasteiger partial charge >= 0.3 is 0 Å². The molecule has 3 heterocycles. The second-order valence-electron chi connectivity index (χ2n) is 9.69. The lowest BCUT2D eigenvalue weighted by Gasteiger charge is -2.06. The van der Waals surface area contributed by atoms with Crippen LogP contribution in [-0.2, 0) is 0 Å². The molecule has 0 amide bonds. The number of nitrogens with two attached hydrogens (primary N) is 2. The minimum absolute atomic E-state index is 0.874. The lowest BCUT2D eigenvalue weighted by molar-refractivity contribution is 1.17. The molecule has 7 heteroatoms. The highest BCUT2D eigenvalue weighted by molar-refractivity contribution is 7.27. The van der Waals surface area contributed by atoms with E-state index in [0.29, 0.717) is 0 Å². The molecule has 0 aliphatic carbocycles. The Bertz CT molecular complexity index is 2140. The Hall–Kier alpha value is -3.52. The molecule has 7 rings (SSSR count). The summed E-state index contributed by atoms with van der Waals surface area (Å²) in [5.74, 6) is 12.1. The summed E-state index contributed by atoms with van der Waals surface area (Å²) in [7, 11) is 0. The van der Waals surface area contributed by atoms with Crippen LogP contribution in [0.15, 0.2) is 58.7 Å². The molecule has 182 valence electrons. The molecule has 0 saturated carbocycles. The number of fused-ring (bicyclic) bond motifs is 6. The summed E-state index contributed by atoms with van der Waals surface area (Å²) in [6, 6.07) is 17.6. The molecule has 4 nitrogen and oxygen atoms in total. The number of hydrogen-bond acceptors (Lipinski definition) is 7. The lowest BCUT2D eigenvalue weighted by Crippen LogP contribution is -2.07. The maximum atomic E-state index is 6.07. The molecule has 0 aliphatic rings. The fourth-order valence-electron chi connectivity index (χ4n) is 5.79. The third kappa shape index (κ3) is 3.05. The standard InChI is InChI=1S/C30H24N4S3/c1-13-5-7-17(8-6-13)20-9-10-21(36-20)22-12-19-28(34-32)24-15(3)25-23(16(4)26(24)30(19)37-22)27(33-31)18-11-14(2)35-29(18)25/h5-12H,31-32H2,1-4H3/b33-27-,34-28-. The molecule has 0 fully saturated rings. The van der Waals surface area contributed by atoms with Crippen molar-refractivity contribution < 1.29 is 0 Å². The number of aryl methyl sites for hydroxylation is 4. The van der Waals surface area contributed by atoms with Gasteiger partial charge in [0.15, 0.2) is 0 Å². The summed E-state index contributed by atoms with van der Waals surface area (Å²) in [6.07, 6.45) is 0. The molecule has 37 heavy (non-hydrogen) atoms. The van der Waals surface area contributed by atoms with Crippen LogP contribution >= 0.6 is 34.0 Å². The van der Waals surface area contributed by atoms with Crippen molar-refractivity contribution in [2.75, 3.05) is 0 Å². The predicted molar refractivity (Wildman–Crippen MR) is 162 cm³/mol. The molecule has 0 radical (unpaired) electrons. The van der Waals surface area contributed by atoms with Crippen LogP contribution < -0.4 is 22.4 Å². The quantitative estimate of drug-likeness (QED) is 0.178. The smallest absolute Gasteiger partial charge is 0.0995 e. The Morgan fingerprint density at radius 2 is 1.14 bits per heavy atom. The van der Waals surface area contributed by atoms with Crippen LogP contribution in [-0.4, -0.2) is 0 Å². The van der Waals surface area contributed by atoms with Crippen molar-refractivity contribution in [1.29, 1.82) is 0 Å². The molecule has 3 aromatic heterocycles. The summed E-state index contributed by atoms with van der Waals surface area (Å²) in [4.78, 5) is 5.02. The molecule has 0 saturated heterocycles. The summed E-state index contributed by atoms with van der Waals surface area (Å²) in [6.45, 7) is 8.63. The van der Waals surface area contributed by atoms with E-state index in [0.717, 1.165) is 32.3 Å². The predicted octanol–water partition coefficient (Wildman–Crippen LogP) is 7.48. The van der Waals surface area contributed by atoms with Crippen LogP contribution in [0.4, 0.5) is 0 Å². The molecule has 0 atom stereocenters. The summed E-state index contributed by atoms with van der Waals surface area (Å²) >= 11 is 5.44. The summed E-state index contributed by atoms with van der Waals surface area (Å²) in [5.41, 5.74) is 4.91. The Morgan fingerprint density at radius 1 is 0.568 bits per heavy atom. The summed E-state index contributed by atoms with van der Waals surface area (Å²) < 4.78 is 2.47. The first-order chi connectivity index (χ1) is 17.9. The second kappa shape index (κ2) is 7.99. The number of rotatable bonds is 2. The highest BCUT2D eigenvalue weighted by Crippen LogP contribution is 2.46. The van der Waals surface area contributed by atoms with Crippen molar-refractivity contribution in [3.8, 4) is 20.2 Å². The number of thiophene rings is 3. The molecular weight excluding hydrogens is 513 g/mol. The van der Waals surface area contributed by atoms with Gasteiger partial charge in [-0.15, -0.1) is 34.0 Å². The van der Waals surface area contributed by atoms with E-state index in [1.807, 2.05) is 22.7 Å². The third-order valence-electron chi connectivity index (χ3n) is 7.47. The van der Waals surface area contributed by atoms with E-state index < -0.39 is 0 Å². The van der Waals surface area contributed by atoms with E-state index in [1.54, 1.807) is 11.3 Å². The number of nitrogens with zero attached hydrogens (tertiary/aromatic N) is 2. The van der Waals surface area contributed by atoms with Gasteiger partial charge in [0.2, 0.25) is 0 Å². The normalized spacial score (nSPS) is 13.4. The van der Waals surface area contributed by atoms with Crippen LogP contribution in [0.1, 0.15) is 21.6 Å². The van der Waals surface area contributed by atoms with Crippen molar-refractivity contribution in [2.45, 2.75) is 27.7 Å². The van der Waals surface area contributed by atoms with Gasteiger partial charge < -0.3 is 11.7 Å². The van der Waals surface area contributed by atoms with Crippen LogP contribution in [0, 0.1) is 27.7 Å². The average molecular weight is 537 g/mol. The second-order valence-corrected chi connectivity index (χ2v) is 13.1. The molecular formula is C30H24N4S3. The Labute approximate surface area is 225 Å². The van der Waals surface area contributed by atoms with E-state index in [1.165, 1.54) is 61.9 Å². The zero-order chi connectivity index (χ0) is 25.6. The molecule has 4 N–H and O–H groups in total. The fourth-order valence-corrected chi connectivity index (χ4v) is 9.27. The fraction of sp³-hybridized carbons (Fsp3) is 0.133. The molecule has 7 aromatic rings. The van der Waals surface area contributed by atoms with Crippen LogP contribution in [0.3, 0.4) is 0 Å². The minimum Gasteiger partial charge on any atom is -0.323 e. The van der Waals surface area contributed by atoms with Crippen LogP contribution in [0.2, 0.25) is 0 Å². The summed E-state index contributed by atoms with van der Waals surface area (Å²) in [5, 5.41) is 17.4. The van der Waals surface area contributed by atoms with Gasteiger partial charge in [-0.1, -0.05) is 29.8 Å². The van der Waals surface area contributed by atoms with E-state index in [4.69, 9.17) is 11.7 Å². The Kier molecular flexibility index (Phi) is 4.89. The van der Waals surface area contributed by atoms with Crippen molar-refractivity contribution in [1.82, 2.24) is 0 Å². The highest BCUT2D eigenvalue weighted by atomic mass is 32.1. The Morgan fingerprint density at radius 3 is 1.76 bits per heavy atom.